The van der Waals surface area contributed by atoms with Crippen LogP contribution in [-0.2, 0) is 16.4 Å². The van der Waals surface area contributed by atoms with Crippen molar-refractivity contribution in [3.63, 3.8) is 0 Å². The zero-order chi connectivity index (χ0) is 22.1. The second kappa shape index (κ2) is 8.30. The Labute approximate surface area is 187 Å². The van der Waals surface area contributed by atoms with E-state index >= 15 is 0 Å². The zero-order valence-corrected chi connectivity index (χ0v) is 18.1. The SMILES string of the molecule is N#Cc1cccc(COc2cccc(S(=O)(=O)c3ccc4c(c3)OC3CNCCC43)c2)c1. The molecule has 2 heterocycles. The molecule has 1 saturated heterocycles. The van der Waals surface area contributed by atoms with Crippen LogP contribution in [0.4, 0.5) is 0 Å². The van der Waals surface area contributed by atoms with Gasteiger partial charge in [0.25, 0.3) is 0 Å². The minimum Gasteiger partial charge on any atom is -0.489 e. The van der Waals surface area contributed by atoms with E-state index in [1.165, 1.54) is 6.07 Å². The molecule has 5 rings (SSSR count). The van der Waals surface area contributed by atoms with Crippen LogP contribution in [0.15, 0.2) is 76.5 Å². The first-order chi connectivity index (χ1) is 15.5. The van der Waals surface area contributed by atoms with Gasteiger partial charge in [0, 0.05) is 18.0 Å². The molecule has 2 atom stereocenters. The highest BCUT2D eigenvalue weighted by molar-refractivity contribution is 7.91. The van der Waals surface area contributed by atoms with Crippen molar-refractivity contribution in [3.8, 4) is 17.6 Å². The summed E-state index contributed by atoms with van der Waals surface area (Å²) in [5, 5.41) is 12.4. The smallest absolute Gasteiger partial charge is 0.206 e. The first-order valence-electron chi connectivity index (χ1n) is 10.5. The summed E-state index contributed by atoms with van der Waals surface area (Å²) in [6.45, 7) is 1.96. The van der Waals surface area contributed by atoms with Gasteiger partial charge >= 0.3 is 0 Å². The van der Waals surface area contributed by atoms with E-state index in [9.17, 15) is 8.42 Å². The van der Waals surface area contributed by atoms with E-state index in [1.54, 1.807) is 48.5 Å². The Kier molecular flexibility index (Phi) is 5.33. The van der Waals surface area contributed by atoms with Gasteiger partial charge in [-0.2, -0.15) is 5.26 Å². The molecule has 2 aliphatic rings. The molecule has 7 heteroatoms. The summed E-state index contributed by atoms with van der Waals surface area (Å²) < 4.78 is 38.4. The predicted octanol–water partition coefficient (Wildman–Crippen LogP) is 3.81. The van der Waals surface area contributed by atoms with Gasteiger partial charge in [-0.3, -0.25) is 0 Å². The molecule has 3 aromatic rings. The van der Waals surface area contributed by atoms with Crippen LogP contribution in [0.1, 0.15) is 29.0 Å². The average Bonchev–Trinajstić information content (AvgIpc) is 3.21. The number of benzene rings is 3. The topological polar surface area (TPSA) is 88.4 Å². The van der Waals surface area contributed by atoms with Crippen molar-refractivity contribution in [2.24, 2.45) is 0 Å². The quantitative estimate of drug-likeness (QED) is 0.641. The molecular formula is C25H22N2O4S. The van der Waals surface area contributed by atoms with Crippen LogP contribution in [0, 0.1) is 11.3 Å². The van der Waals surface area contributed by atoms with E-state index in [2.05, 4.69) is 11.4 Å². The highest BCUT2D eigenvalue weighted by Crippen LogP contribution is 2.42. The second-order valence-corrected chi connectivity index (χ2v) is 9.98. The predicted molar refractivity (Wildman–Crippen MR) is 118 cm³/mol. The summed E-state index contributed by atoms with van der Waals surface area (Å²) in [5.74, 6) is 1.43. The molecule has 0 spiro atoms. The van der Waals surface area contributed by atoms with E-state index < -0.39 is 9.84 Å². The molecule has 3 aromatic carbocycles. The number of nitrogens with zero attached hydrogens (tertiary/aromatic N) is 1. The molecule has 2 aliphatic heterocycles. The van der Waals surface area contributed by atoms with Gasteiger partial charge in [-0.25, -0.2) is 8.42 Å². The Balaban J connectivity index is 1.37. The molecule has 162 valence electrons. The third-order valence-corrected chi connectivity index (χ3v) is 7.73. The van der Waals surface area contributed by atoms with Gasteiger partial charge in [0.05, 0.1) is 21.4 Å². The average molecular weight is 447 g/mol. The molecule has 0 amide bonds. The van der Waals surface area contributed by atoms with Crippen molar-refractivity contribution in [1.29, 1.82) is 5.26 Å². The van der Waals surface area contributed by atoms with Crippen molar-refractivity contribution in [1.82, 2.24) is 5.32 Å². The Morgan fingerprint density at radius 3 is 2.78 bits per heavy atom. The maximum atomic E-state index is 13.3. The fourth-order valence-electron chi connectivity index (χ4n) is 4.33. The second-order valence-electron chi connectivity index (χ2n) is 8.03. The van der Waals surface area contributed by atoms with E-state index in [0.29, 0.717) is 23.0 Å². The van der Waals surface area contributed by atoms with Crippen LogP contribution in [0.3, 0.4) is 0 Å². The molecule has 0 bridgehead atoms. The number of sulfone groups is 1. The molecule has 1 fully saturated rings. The van der Waals surface area contributed by atoms with Crippen LogP contribution in [0.5, 0.6) is 11.5 Å². The Hall–Kier alpha value is -3.34. The lowest BCUT2D eigenvalue weighted by molar-refractivity contribution is 0.176. The maximum absolute atomic E-state index is 13.3. The van der Waals surface area contributed by atoms with Crippen LogP contribution >= 0.6 is 0 Å². The molecule has 32 heavy (non-hydrogen) atoms. The number of ether oxygens (including phenoxy) is 2. The molecule has 0 aromatic heterocycles. The minimum absolute atomic E-state index is 0.0629. The fraction of sp³-hybridized carbons (Fsp3) is 0.240. The number of fused-ring (bicyclic) bond motifs is 3. The van der Waals surface area contributed by atoms with Crippen LogP contribution in [0.25, 0.3) is 0 Å². The lowest BCUT2D eigenvalue weighted by Crippen LogP contribution is -2.39. The standard InChI is InChI=1S/C25H22N2O4S/c26-14-17-3-1-4-18(11-17)16-30-19-5-2-6-20(12-19)32(28,29)21-7-8-22-23-9-10-27-15-25(23)31-24(22)13-21/h1-8,11-13,23,25,27H,9-10,15-16H2. The summed E-state index contributed by atoms with van der Waals surface area (Å²) in [6.07, 6.45) is 1.05. The molecule has 1 N–H and O–H groups in total. The summed E-state index contributed by atoms with van der Waals surface area (Å²) in [6, 6.07) is 20.9. The normalized spacial score (nSPS) is 19.3. The van der Waals surface area contributed by atoms with Gasteiger partial charge in [-0.05, 0) is 61.0 Å². The van der Waals surface area contributed by atoms with E-state index in [0.717, 1.165) is 30.6 Å². The number of hydrogen-bond donors (Lipinski definition) is 1. The molecule has 2 unspecified atom stereocenters. The lowest BCUT2D eigenvalue weighted by atomic mass is 9.90. The van der Waals surface area contributed by atoms with Gasteiger partial charge in [-0.15, -0.1) is 0 Å². The summed E-state index contributed by atoms with van der Waals surface area (Å²) in [7, 11) is -3.73. The minimum atomic E-state index is -3.73. The third-order valence-electron chi connectivity index (χ3n) is 5.98. The van der Waals surface area contributed by atoms with Crippen molar-refractivity contribution < 1.29 is 17.9 Å². The van der Waals surface area contributed by atoms with Crippen molar-refractivity contribution in [2.45, 2.75) is 34.8 Å². The number of nitriles is 1. The van der Waals surface area contributed by atoms with Gasteiger partial charge in [0.2, 0.25) is 9.84 Å². The highest BCUT2D eigenvalue weighted by Gasteiger charge is 2.36. The fourth-order valence-corrected chi connectivity index (χ4v) is 5.64. The zero-order valence-electron chi connectivity index (χ0n) is 17.3. The first kappa shape index (κ1) is 20.6. The number of nitrogens with one attached hydrogen (secondary N) is 1. The van der Waals surface area contributed by atoms with E-state index in [4.69, 9.17) is 14.7 Å². The van der Waals surface area contributed by atoms with Gasteiger partial charge in [0.15, 0.2) is 0 Å². The highest BCUT2D eigenvalue weighted by atomic mass is 32.2. The number of hydrogen-bond acceptors (Lipinski definition) is 6. The van der Waals surface area contributed by atoms with Gasteiger partial charge < -0.3 is 14.8 Å². The van der Waals surface area contributed by atoms with E-state index in [-0.39, 0.29) is 22.5 Å². The molecular weight excluding hydrogens is 424 g/mol. The Morgan fingerprint density at radius 1 is 1.06 bits per heavy atom. The van der Waals surface area contributed by atoms with Crippen LogP contribution in [0.2, 0.25) is 0 Å². The summed E-state index contributed by atoms with van der Waals surface area (Å²) >= 11 is 0. The summed E-state index contributed by atoms with van der Waals surface area (Å²) in [4.78, 5) is 0.375. The summed E-state index contributed by atoms with van der Waals surface area (Å²) in [5.41, 5.74) is 2.48. The Bertz CT molecular complexity index is 1310. The van der Waals surface area contributed by atoms with Crippen LogP contribution in [-0.4, -0.2) is 27.6 Å². The third kappa shape index (κ3) is 3.83. The number of rotatable bonds is 5. The largest absolute Gasteiger partial charge is 0.489 e. The maximum Gasteiger partial charge on any atom is 0.206 e. The van der Waals surface area contributed by atoms with Crippen molar-refractivity contribution in [2.75, 3.05) is 13.1 Å². The molecule has 0 saturated carbocycles. The van der Waals surface area contributed by atoms with Gasteiger partial charge in [0.1, 0.15) is 24.2 Å². The first-order valence-corrected chi connectivity index (χ1v) is 12.0. The molecule has 0 aliphatic carbocycles. The van der Waals surface area contributed by atoms with Crippen molar-refractivity contribution >= 4 is 9.84 Å². The lowest BCUT2D eigenvalue weighted by Gasteiger charge is -2.24. The molecule has 0 radical (unpaired) electrons. The van der Waals surface area contributed by atoms with Gasteiger partial charge in [-0.1, -0.05) is 24.3 Å². The molecule has 6 nitrogen and oxygen atoms in total. The number of piperidine rings is 1. The monoisotopic (exact) mass is 446 g/mol. The van der Waals surface area contributed by atoms with Crippen molar-refractivity contribution in [3.05, 3.63) is 83.4 Å². The van der Waals surface area contributed by atoms with E-state index in [1.807, 2.05) is 12.1 Å². The van der Waals surface area contributed by atoms with Crippen LogP contribution < -0.4 is 14.8 Å². The Morgan fingerprint density at radius 2 is 1.91 bits per heavy atom.